The van der Waals surface area contributed by atoms with Gasteiger partial charge in [0.05, 0.1) is 12.6 Å². The minimum absolute atomic E-state index is 0.0912. The van der Waals surface area contributed by atoms with Crippen LogP contribution in [-0.2, 0) is 24.3 Å². The highest BCUT2D eigenvalue weighted by molar-refractivity contribution is 7.89. The average molecular weight is 425 g/mol. The first kappa shape index (κ1) is 22.4. The van der Waals surface area contributed by atoms with Crippen LogP contribution in [0.3, 0.4) is 0 Å². The van der Waals surface area contributed by atoms with Crippen molar-refractivity contribution < 1.29 is 32.0 Å². The molecular formula is C18H23N3O7S. The fourth-order valence-corrected chi connectivity index (χ4v) is 3.99. The van der Waals surface area contributed by atoms with E-state index in [0.29, 0.717) is 11.4 Å². The number of nitrogens with one attached hydrogen (secondary N) is 2. The summed E-state index contributed by atoms with van der Waals surface area (Å²) in [4.78, 5) is 23.7. The molecule has 0 saturated carbocycles. The predicted molar refractivity (Wildman–Crippen MR) is 103 cm³/mol. The maximum atomic E-state index is 12.5. The number of nitrogens with zero attached hydrogens (tertiary/aromatic N) is 1. The number of aromatic nitrogens is 1. The summed E-state index contributed by atoms with van der Waals surface area (Å²) >= 11 is 0. The number of rotatable bonds is 9. The zero-order chi connectivity index (χ0) is 21.6. The summed E-state index contributed by atoms with van der Waals surface area (Å²) in [5.74, 6) is -0.610. The van der Waals surface area contributed by atoms with Gasteiger partial charge in [0.1, 0.15) is 16.3 Å². The molecule has 0 saturated heterocycles. The van der Waals surface area contributed by atoms with Crippen LogP contribution in [0.5, 0.6) is 5.75 Å². The first-order chi connectivity index (χ1) is 13.6. The predicted octanol–water partition coefficient (Wildman–Crippen LogP) is 1.54. The summed E-state index contributed by atoms with van der Waals surface area (Å²) in [6, 6.07) is 5.27. The SMILES string of the molecule is CCOC(=O)COc1cccc(NC(=O)[C@H](C)NS(=O)(=O)c2c(C)noc2C)c1. The Labute approximate surface area is 168 Å². The Balaban J connectivity index is 2.01. The molecule has 0 aliphatic carbocycles. The van der Waals surface area contributed by atoms with Crippen molar-refractivity contribution >= 4 is 27.6 Å². The second-order valence-electron chi connectivity index (χ2n) is 6.11. The molecule has 0 fully saturated rings. The molecule has 1 amide bonds. The van der Waals surface area contributed by atoms with Crippen LogP contribution in [0, 0.1) is 13.8 Å². The van der Waals surface area contributed by atoms with Crippen molar-refractivity contribution in [2.75, 3.05) is 18.5 Å². The van der Waals surface area contributed by atoms with Crippen molar-refractivity contribution in [1.29, 1.82) is 0 Å². The van der Waals surface area contributed by atoms with Crippen LogP contribution in [-0.4, -0.2) is 44.7 Å². The summed E-state index contributed by atoms with van der Waals surface area (Å²) < 4.78 is 42.3. The molecule has 0 aliphatic rings. The fourth-order valence-electron chi connectivity index (χ4n) is 2.46. The number of hydrogen-bond donors (Lipinski definition) is 2. The molecule has 2 rings (SSSR count). The molecule has 1 aromatic carbocycles. The highest BCUT2D eigenvalue weighted by Gasteiger charge is 2.28. The summed E-state index contributed by atoms with van der Waals surface area (Å²) in [5.41, 5.74) is 0.578. The monoisotopic (exact) mass is 425 g/mol. The summed E-state index contributed by atoms with van der Waals surface area (Å²) in [7, 11) is -3.99. The number of amides is 1. The second-order valence-corrected chi connectivity index (χ2v) is 7.76. The maximum absolute atomic E-state index is 12.5. The molecule has 29 heavy (non-hydrogen) atoms. The van der Waals surface area contributed by atoms with Crippen LogP contribution in [0.25, 0.3) is 0 Å². The van der Waals surface area contributed by atoms with Gasteiger partial charge in [-0.1, -0.05) is 11.2 Å². The van der Waals surface area contributed by atoms with Crippen LogP contribution in [0.4, 0.5) is 5.69 Å². The molecule has 1 aromatic heterocycles. The third-order valence-corrected chi connectivity index (χ3v) is 5.51. The van der Waals surface area contributed by atoms with Gasteiger partial charge in [0.2, 0.25) is 15.9 Å². The largest absolute Gasteiger partial charge is 0.482 e. The molecule has 1 atom stereocenters. The van der Waals surface area contributed by atoms with Gasteiger partial charge in [0.25, 0.3) is 0 Å². The van der Waals surface area contributed by atoms with Crippen molar-refractivity contribution in [3.05, 3.63) is 35.7 Å². The highest BCUT2D eigenvalue weighted by Crippen LogP contribution is 2.20. The van der Waals surface area contributed by atoms with Gasteiger partial charge in [-0.15, -0.1) is 0 Å². The van der Waals surface area contributed by atoms with Gasteiger partial charge in [-0.05, 0) is 39.8 Å². The smallest absolute Gasteiger partial charge is 0.344 e. The van der Waals surface area contributed by atoms with Crippen molar-refractivity contribution in [2.45, 2.75) is 38.6 Å². The molecule has 10 nitrogen and oxygen atoms in total. The average Bonchev–Trinajstić information content (AvgIpc) is 2.99. The second kappa shape index (κ2) is 9.52. The van der Waals surface area contributed by atoms with Crippen molar-refractivity contribution in [3.63, 3.8) is 0 Å². The molecule has 2 N–H and O–H groups in total. The third kappa shape index (κ3) is 6.03. The van der Waals surface area contributed by atoms with E-state index in [9.17, 15) is 18.0 Å². The van der Waals surface area contributed by atoms with E-state index in [4.69, 9.17) is 14.0 Å². The van der Waals surface area contributed by atoms with E-state index in [0.717, 1.165) is 0 Å². The summed E-state index contributed by atoms with van der Waals surface area (Å²) in [6.45, 7) is 6.05. The molecule has 0 radical (unpaired) electrons. The number of ether oxygens (including phenoxy) is 2. The molecule has 11 heteroatoms. The van der Waals surface area contributed by atoms with Gasteiger partial charge in [-0.3, -0.25) is 4.79 Å². The highest BCUT2D eigenvalue weighted by atomic mass is 32.2. The topological polar surface area (TPSA) is 137 Å². The fraction of sp³-hybridized carbons (Fsp3) is 0.389. The van der Waals surface area contributed by atoms with E-state index in [1.165, 1.54) is 26.8 Å². The van der Waals surface area contributed by atoms with E-state index in [1.54, 1.807) is 25.1 Å². The molecule has 158 valence electrons. The lowest BCUT2D eigenvalue weighted by Crippen LogP contribution is -2.41. The van der Waals surface area contributed by atoms with Crippen LogP contribution in [0.1, 0.15) is 25.3 Å². The van der Waals surface area contributed by atoms with Gasteiger partial charge in [-0.2, -0.15) is 4.72 Å². The standard InChI is InChI=1S/C18H23N3O7S/c1-5-26-16(22)10-27-15-8-6-7-14(9-15)19-18(23)12(3)21-29(24,25)17-11(2)20-28-13(17)4/h6-9,12,21H,5,10H2,1-4H3,(H,19,23)/t12-/m0/s1. The van der Waals surface area contributed by atoms with Gasteiger partial charge < -0.3 is 19.3 Å². The first-order valence-electron chi connectivity index (χ1n) is 8.78. The Morgan fingerprint density at radius 2 is 2.00 bits per heavy atom. The molecule has 0 spiro atoms. The van der Waals surface area contributed by atoms with Crippen LogP contribution < -0.4 is 14.8 Å². The molecule has 2 aromatic rings. The number of carbonyl (C=O) groups is 2. The zero-order valence-corrected chi connectivity index (χ0v) is 17.3. The zero-order valence-electron chi connectivity index (χ0n) is 16.5. The lowest BCUT2D eigenvalue weighted by atomic mass is 10.2. The summed E-state index contributed by atoms with van der Waals surface area (Å²) in [6.07, 6.45) is 0. The number of hydrogen-bond acceptors (Lipinski definition) is 8. The van der Waals surface area contributed by atoms with E-state index in [-0.39, 0.29) is 29.6 Å². The minimum Gasteiger partial charge on any atom is -0.482 e. The molecule has 1 heterocycles. The van der Waals surface area contributed by atoms with Crippen LogP contribution in [0.15, 0.2) is 33.7 Å². The van der Waals surface area contributed by atoms with Gasteiger partial charge in [-0.25, -0.2) is 13.2 Å². The quantitative estimate of drug-likeness (QED) is 0.577. The maximum Gasteiger partial charge on any atom is 0.344 e. The molecule has 0 aliphatic heterocycles. The van der Waals surface area contributed by atoms with E-state index in [2.05, 4.69) is 15.2 Å². The molecular weight excluding hydrogens is 402 g/mol. The summed E-state index contributed by atoms with van der Waals surface area (Å²) in [5, 5.41) is 6.20. The number of anilines is 1. The van der Waals surface area contributed by atoms with E-state index in [1.807, 2.05) is 0 Å². The van der Waals surface area contributed by atoms with Crippen LogP contribution in [0.2, 0.25) is 0 Å². The van der Waals surface area contributed by atoms with Crippen molar-refractivity contribution in [1.82, 2.24) is 9.88 Å². The van der Waals surface area contributed by atoms with E-state index >= 15 is 0 Å². The number of aryl methyl sites for hydroxylation is 2. The first-order valence-corrected chi connectivity index (χ1v) is 10.3. The van der Waals surface area contributed by atoms with E-state index < -0.39 is 27.9 Å². The number of carbonyl (C=O) groups excluding carboxylic acids is 2. The minimum atomic E-state index is -3.99. The number of sulfonamides is 1. The lowest BCUT2D eigenvalue weighted by molar-refractivity contribution is -0.145. The van der Waals surface area contributed by atoms with Crippen LogP contribution >= 0.6 is 0 Å². The Hall–Kier alpha value is -2.92. The Bertz CT molecular complexity index is 966. The van der Waals surface area contributed by atoms with Gasteiger partial charge >= 0.3 is 5.97 Å². The molecule has 0 bridgehead atoms. The van der Waals surface area contributed by atoms with Gasteiger partial charge in [0.15, 0.2) is 12.4 Å². The molecule has 0 unspecified atom stereocenters. The Morgan fingerprint density at radius 1 is 1.28 bits per heavy atom. The van der Waals surface area contributed by atoms with Gasteiger partial charge in [0, 0.05) is 11.8 Å². The lowest BCUT2D eigenvalue weighted by Gasteiger charge is -2.15. The normalized spacial score (nSPS) is 12.3. The Kier molecular flexibility index (Phi) is 7.35. The third-order valence-electron chi connectivity index (χ3n) is 3.73. The van der Waals surface area contributed by atoms with Crippen molar-refractivity contribution in [3.8, 4) is 5.75 Å². The number of esters is 1. The number of benzene rings is 1. The Morgan fingerprint density at radius 3 is 2.62 bits per heavy atom. The van der Waals surface area contributed by atoms with Crippen molar-refractivity contribution in [2.24, 2.45) is 0 Å².